The van der Waals surface area contributed by atoms with E-state index >= 15 is 0 Å². The van der Waals surface area contributed by atoms with Gasteiger partial charge in [-0.15, -0.1) is 0 Å². The third-order valence-corrected chi connectivity index (χ3v) is 4.53. The van der Waals surface area contributed by atoms with E-state index in [4.69, 9.17) is 14.2 Å². The van der Waals surface area contributed by atoms with E-state index in [0.29, 0.717) is 13.2 Å². The third kappa shape index (κ3) is 4.84. The number of nitrogens with one attached hydrogen (secondary N) is 2. The first-order chi connectivity index (χ1) is 13.2. The Kier molecular flexibility index (Phi) is 6.41. The van der Waals surface area contributed by atoms with Crippen LogP contribution in [0.4, 0.5) is 0 Å². The Bertz CT molecular complexity index is 779. The predicted octanol–water partition coefficient (Wildman–Crippen LogP) is 2.80. The summed E-state index contributed by atoms with van der Waals surface area (Å²) in [6.45, 7) is 4.02. The number of benzene rings is 2. The summed E-state index contributed by atoms with van der Waals surface area (Å²) < 4.78 is 17.2. The fourth-order valence-electron chi connectivity index (χ4n) is 3.03. The Hall–Kier alpha value is -2.89. The number of nitrogens with zero attached hydrogens (tertiary/aromatic N) is 1. The molecular weight excluding hydrogens is 342 g/mol. The van der Waals surface area contributed by atoms with Gasteiger partial charge in [-0.2, -0.15) is 0 Å². The van der Waals surface area contributed by atoms with Gasteiger partial charge in [0.05, 0.1) is 13.7 Å². The van der Waals surface area contributed by atoms with Gasteiger partial charge in [0, 0.05) is 19.5 Å². The molecule has 1 aliphatic heterocycles. The fourth-order valence-corrected chi connectivity index (χ4v) is 3.03. The highest BCUT2D eigenvalue weighted by atomic mass is 16.6. The third-order valence-electron chi connectivity index (χ3n) is 4.53. The Morgan fingerprint density at radius 1 is 1.15 bits per heavy atom. The van der Waals surface area contributed by atoms with Crippen molar-refractivity contribution in [2.24, 2.45) is 4.99 Å². The van der Waals surface area contributed by atoms with Gasteiger partial charge >= 0.3 is 0 Å². The first-order valence-corrected chi connectivity index (χ1v) is 9.17. The van der Waals surface area contributed by atoms with E-state index in [1.807, 2.05) is 42.5 Å². The number of hydrogen-bond donors (Lipinski definition) is 2. The number of rotatable bonds is 6. The van der Waals surface area contributed by atoms with Crippen LogP contribution < -0.4 is 24.8 Å². The summed E-state index contributed by atoms with van der Waals surface area (Å²) in [7, 11) is 3.46. The van der Waals surface area contributed by atoms with Gasteiger partial charge in [-0.3, -0.25) is 4.99 Å². The fraction of sp³-hybridized carbons (Fsp3) is 0.381. The van der Waals surface area contributed by atoms with Crippen LogP contribution in [0.2, 0.25) is 0 Å². The number of methoxy groups -OCH3 is 1. The summed E-state index contributed by atoms with van der Waals surface area (Å²) in [6, 6.07) is 15.8. The lowest BCUT2D eigenvalue weighted by Gasteiger charge is -2.27. The minimum atomic E-state index is -0.0647. The summed E-state index contributed by atoms with van der Waals surface area (Å²) in [6.07, 6.45) is -0.0647. The predicted molar refractivity (Wildman–Crippen MR) is 107 cm³/mol. The molecule has 2 N–H and O–H groups in total. The van der Waals surface area contributed by atoms with Crippen molar-refractivity contribution in [1.82, 2.24) is 10.6 Å². The molecule has 0 aliphatic carbocycles. The number of para-hydroxylation sites is 3. The zero-order valence-corrected chi connectivity index (χ0v) is 16.1. The molecule has 2 aromatic carbocycles. The molecule has 1 aliphatic rings. The number of guanidine groups is 1. The molecule has 0 fully saturated rings. The Labute approximate surface area is 160 Å². The summed E-state index contributed by atoms with van der Waals surface area (Å²) in [5, 5.41) is 6.67. The average Bonchev–Trinajstić information content (AvgIpc) is 2.73. The van der Waals surface area contributed by atoms with Gasteiger partial charge in [-0.05, 0) is 23.8 Å². The highest BCUT2D eigenvalue weighted by Crippen LogP contribution is 2.30. The van der Waals surface area contributed by atoms with Crippen LogP contribution in [0.25, 0.3) is 0 Å². The van der Waals surface area contributed by atoms with Crippen LogP contribution in [0, 0.1) is 0 Å². The van der Waals surface area contributed by atoms with Crippen LogP contribution in [0.3, 0.4) is 0 Å². The van der Waals surface area contributed by atoms with Crippen molar-refractivity contribution in [2.75, 3.05) is 33.9 Å². The largest absolute Gasteiger partial charge is 0.496 e. The zero-order chi connectivity index (χ0) is 19.1. The molecule has 6 heteroatoms. The minimum absolute atomic E-state index is 0.0647. The highest BCUT2D eigenvalue weighted by Gasteiger charge is 2.20. The maximum absolute atomic E-state index is 5.97. The topological polar surface area (TPSA) is 64.1 Å². The molecule has 0 saturated carbocycles. The molecule has 0 saturated heterocycles. The lowest BCUT2D eigenvalue weighted by molar-refractivity contribution is 0.0936. The maximum Gasteiger partial charge on any atom is 0.191 e. The van der Waals surface area contributed by atoms with Gasteiger partial charge in [-0.25, -0.2) is 0 Å². The second kappa shape index (κ2) is 9.16. The lowest BCUT2D eigenvalue weighted by atomic mass is 10.0. The zero-order valence-electron chi connectivity index (χ0n) is 16.1. The van der Waals surface area contributed by atoms with Crippen LogP contribution in [0.5, 0.6) is 17.2 Å². The van der Waals surface area contributed by atoms with Crippen molar-refractivity contribution in [3.63, 3.8) is 0 Å². The van der Waals surface area contributed by atoms with Crippen molar-refractivity contribution >= 4 is 5.96 Å². The molecule has 1 heterocycles. The lowest BCUT2D eigenvalue weighted by Crippen LogP contribution is -2.46. The summed E-state index contributed by atoms with van der Waals surface area (Å²) in [4.78, 5) is 4.29. The molecule has 2 atom stereocenters. The standard InChI is InChI=1S/C21H27N3O3/c1-15(17-8-4-5-9-18(17)25-3)12-23-21(22-2)24-13-16-14-26-19-10-6-7-11-20(19)27-16/h4-11,15-16H,12-14H2,1-3H3,(H2,22,23,24). The molecule has 0 bridgehead atoms. The van der Waals surface area contributed by atoms with Gasteiger partial charge in [0.25, 0.3) is 0 Å². The molecule has 2 aromatic rings. The van der Waals surface area contributed by atoms with Crippen LogP contribution in [-0.4, -0.2) is 45.9 Å². The van der Waals surface area contributed by atoms with E-state index in [1.54, 1.807) is 14.2 Å². The molecule has 2 unspecified atom stereocenters. The first-order valence-electron chi connectivity index (χ1n) is 9.17. The molecule has 27 heavy (non-hydrogen) atoms. The van der Waals surface area contributed by atoms with Crippen molar-refractivity contribution in [1.29, 1.82) is 0 Å². The van der Waals surface area contributed by atoms with E-state index in [0.717, 1.165) is 29.8 Å². The number of aliphatic imine (C=N–C) groups is 1. The monoisotopic (exact) mass is 369 g/mol. The number of hydrogen-bond acceptors (Lipinski definition) is 4. The maximum atomic E-state index is 5.97. The van der Waals surface area contributed by atoms with E-state index in [9.17, 15) is 0 Å². The van der Waals surface area contributed by atoms with E-state index < -0.39 is 0 Å². The van der Waals surface area contributed by atoms with Gasteiger partial charge in [-0.1, -0.05) is 37.3 Å². The summed E-state index contributed by atoms with van der Waals surface area (Å²) >= 11 is 0. The Balaban J connectivity index is 1.49. The van der Waals surface area contributed by atoms with Gasteiger partial charge < -0.3 is 24.8 Å². The molecule has 6 nitrogen and oxygen atoms in total. The molecule has 0 spiro atoms. The minimum Gasteiger partial charge on any atom is -0.496 e. The van der Waals surface area contributed by atoms with Crippen LogP contribution >= 0.6 is 0 Å². The number of ether oxygens (including phenoxy) is 3. The SMILES string of the molecule is CN=C(NCC1COc2ccccc2O1)NCC(C)c1ccccc1OC. The van der Waals surface area contributed by atoms with E-state index in [2.05, 4.69) is 28.6 Å². The molecule has 3 rings (SSSR count). The van der Waals surface area contributed by atoms with Gasteiger partial charge in [0.2, 0.25) is 0 Å². The smallest absolute Gasteiger partial charge is 0.191 e. The van der Waals surface area contributed by atoms with Crippen molar-refractivity contribution in [3.05, 3.63) is 54.1 Å². The van der Waals surface area contributed by atoms with Crippen molar-refractivity contribution in [3.8, 4) is 17.2 Å². The van der Waals surface area contributed by atoms with Gasteiger partial charge in [0.1, 0.15) is 18.5 Å². The Morgan fingerprint density at radius 2 is 1.89 bits per heavy atom. The van der Waals surface area contributed by atoms with Crippen LogP contribution in [0.1, 0.15) is 18.4 Å². The highest BCUT2D eigenvalue weighted by molar-refractivity contribution is 5.79. The first kappa shape index (κ1) is 18.9. The molecule has 0 aromatic heterocycles. The quantitative estimate of drug-likeness (QED) is 0.606. The van der Waals surface area contributed by atoms with E-state index in [-0.39, 0.29) is 12.0 Å². The molecule has 0 amide bonds. The second-order valence-corrected chi connectivity index (χ2v) is 6.47. The average molecular weight is 369 g/mol. The molecule has 0 radical (unpaired) electrons. The van der Waals surface area contributed by atoms with Crippen LogP contribution in [0.15, 0.2) is 53.5 Å². The van der Waals surface area contributed by atoms with Crippen molar-refractivity contribution in [2.45, 2.75) is 18.9 Å². The Morgan fingerprint density at radius 3 is 2.67 bits per heavy atom. The van der Waals surface area contributed by atoms with Crippen molar-refractivity contribution < 1.29 is 14.2 Å². The normalized spacial score (nSPS) is 17.1. The van der Waals surface area contributed by atoms with Crippen LogP contribution in [-0.2, 0) is 0 Å². The second-order valence-electron chi connectivity index (χ2n) is 6.47. The summed E-state index contributed by atoms with van der Waals surface area (Å²) in [5.41, 5.74) is 1.17. The molecule has 144 valence electrons. The number of fused-ring (bicyclic) bond motifs is 1. The van der Waals surface area contributed by atoms with E-state index in [1.165, 1.54) is 5.56 Å². The summed E-state index contributed by atoms with van der Waals surface area (Å²) in [5.74, 6) is 3.49. The molecular formula is C21H27N3O3. The van der Waals surface area contributed by atoms with Gasteiger partial charge in [0.15, 0.2) is 17.5 Å².